The number of carbonyl (C=O) groups excluding carboxylic acids is 1. The molecule has 0 spiro atoms. The molecule has 172 valence electrons. The van der Waals surface area contributed by atoms with E-state index in [1.807, 2.05) is 29.2 Å². The molecule has 1 fully saturated rings. The van der Waals surface area contributed by atoms with E-state index < -0.39 is 0 Å². The van der Waals surface area contributed by atoms with E-state index in [0.717, 1.165) is 46.6 Å². The molecule has 0 bridgehead atoms. The summed E-state index contributed by atoms with van der Waals surface area (Å²) in [5.74, 6) is 1.13. The van der Waals surface area contributed by atoms with Crippen LogP contribution in [0.2, 0.25) is 0 Å². The first-order chi connectivity index (χ1) is 16.1. The van der Waals surface area contributed by atoms with Crippen molar-refractivity contribution in [2.45, 2.75) is 39.2 Å². The SMILES string of the molecule is CCc1cc2c(N3CCN(C(=O)CCCOn4nnc5ccccc54)C(C)C3)ncnc2s1. The molecule has 4 aromatic rings. The maximum absolute atomic E-state index is 12.9. The summed E-state index contributed by atoms with van der Waals surface area (Å²) in [6, 6.07) is 9.95. The number of hydrogen-bond donors (Lipinski definition) is 0. The Hall–Kier alpha value is -3.27. The van der Waals surface area contributed by atoms with Gasteiger partial charge in [-0.3, -0.25) is 4.79 Å². The van der Waals surface area contributed by atoms with E-state index in [1.54, 1.807) is 17.7 Å². The molecule has 0 saturated carbocycles. The summed E-state index contributed by atoms with van der Waals surface area (Å²) in [7, 11) is 0. The topological polar surface area (TPSA) is 89.3 Å². The number of thiophene rings is 1. The first-order valence-corrected chi connectivity index (χ1v) is 12.2. The van der Waals surface area contributed by atoms with E-state index in [0.29, 0.717) is 26.0 Å². The number of aryl methyl sites for hydroxylation is 1. The van der Waals surface area contributed by atoms with Crippen molar-refractivity contribution in [2.75, 3.05) is 31.1 Å². The zero-order chi connectivity index (χ0) is 22.8. The zero-order valence-corrected chi connectivity index (χ0v) is 19.7. The second-order valence-corrected chi connectivity index (χ2v) is 9.37. The molecule has 1 saturated heterocycles. The molecule has 1 aliphatic heterocycles. The van der Waals surface area contributed by atoms with Crippen molar-refractivity contribution in [3.63, 3.8) is 0 Å². The highest BCUT2D eigenvalue weighted by atomic mass is 32.1. The lowest BCUT2D eigenvalue weighted by Crippen LogP contribution is -2.54. The van der Waals surface area contributed by atoms with E-state index >= 15 is 0 Å². The van der Waals surface area contributed by atoms with Gasteiger partial charge in [0.05, 0.1) is 5.39 Å². The van der Waals surface area contributed by atoms with Gasteiger partial charge in [-0.1, -0.05) is 23.9 Å². The Morgan fingerprint density at radius 1 is 1.24 bits per heavy atom. The molecule has 9 nitrogen and oxygen atoms in total. The molecule has 1 aliphatic rings. The van der Waals surface area contributed by atoms with Crippen LogP contribution in [0.15, 0.2) is 36.7 Å². The number of benzene rings is 1. The summed E-state index contributed by atoms with van der Waals surface area (Å²) in [4.78, 5) is 35.6. The fraction of sp³-hybridized carbons (Fsp3) is 0.435. The van der Waals surface area contributed by atoms with Crippen LogP contribution in [0.25, 0.3) is 21.3 Å². The monoisotopic (exact) mass is 465 g/mol. The van der Waals surface area contributed by atoms with E-state index in [1.165, 1.54) is 9.72 Å². The number of para-hydroxylation sites is 1. The molecule has 0 aliphatic carbocycles. The van der Waals surface area contributed by atoms with Crippen molar-refractivity contribution in [2.24, 2.45) is 0 Å². The Morgan fingerprint density at radius 2 is 2.12 bits per heavy atom. The lowest BCUT2D eigenvalue weighted by Gasteiger charge is -2.40. The Morgan fingerprint density at radius 3 is 2.97 bits per heavy atom. The number of fused-ring (bicyclic) bond motifs is 2. The van der Waals surface area contributed by atoms with E-state index in [2.05, 4.69) is 45.1 Å². The van der Waals surface area contributed by atoms with Crippen molar-refractivity contribution >= 4 is 44.3 Å². The normalized spacial score (nSPS) is 16.6. The van der Waals surface area contributed by atoms with Gasteiger partial charge in [0.2, 0.25) is 5.91 Å². The highest BCUT2D eigenvalue weighted by Crippen LogP contribution is 2.31. The standard InChI is InChI=1S/C23H27N7O2S/c1-3-17-13-18-22(24-15-25-23(18)33-17)28-10-11-29(16(2)14-28)21(31)9-6-12-32-30-20-8-5-4-7-19(20)26-27-30/h4-5,7-8,13,15-16H,3,6,9-12,14H2,1-2H3. The fourth-order valence-electron chi connectivity index (χ4n) is 4.30. The summed E-state index contributed by atoms with van der Waals surface area (Å²) >= 11 is 1.73. The minimum absolute atomic E-state index is 0.112. The highest BCUT2D eigenvalue weighted by Gasteiger charge is 2.28. The van der Waals surface area contributed by atoms with Crippen LogP contribution in [0.4, 0.5) is 5.82 Å². The number of amides is 1. The summed E-state index contributed by atoms with van der Waals surface area (Å²) in [5, 5.41) is 9.20. The number of piperazine rings is 1. The molecule has 1 atom stereocenters. The molecule has 1 aromatic carbocycles. The van der Waals surface area contributed by atoms with Crippen LogP contribution in [-0.2, 0) is 11.2 Å². The van der Waals surface area contributed by atoms with E-state index in [-0.39, 0.29) is 11.9 Å². The van der Waals surface area contributed by atoms with E-state index in [4.69, 9.17) is 4.84 Å². The lowest BCUT2D eigenvalue weighted by molar-refractivity contribution is -0.134. The quantitative estimate of drug-likeness (QED) is 0.388. The molecular weight excluding hydrogens is 438 g/mol. The van der Waals surface area contributed by atoms with Gasteiger partial charge in [0.15, 0.2) is 0 Å². The first kappa shape index (κ1) is 21.6. The summed E-state index contributed by atoms with van der Waals surface area (Å²) in [5.41, 5.74) is 1.61. The number of nitrogens with zero attached hydrogens (tertiary/aromatic N) is 7. The second-order valence-electron chi connectivity index (χ2n) is 8.25. The Labute approximate surface area is 195 Å². The average molecular weight is 466 g/mol. The maximum atomic E-state index is 12.9. The molecule has 3 aromatic heterocycles. The molecule has 1 amide bonds. The van der Waals surface area contributed by atoms with Crippen molar-refractivity contribution in [3.05, 3.63) is 41.5 Å². The molecule has 5 rings (SSSR count). The van der Waals surface area contributed by atoms with Crippen LogP contribution in [0.3, 0.4) is 0 Å². The van der Waals surface area contributed by atoms with E-state index in [9.17, 15) is 4.79 Å². The number of carbonyl (C=O) groups is 1. The molecular formula is C23H27N7O2S. The largest absolute Gasteiger partial charge is 0.395 e. The number of rotatable bonds is 7. The maximum Gasteiger partial charge on any atom is 0.223 e. The van der Waals surface area contributed by atoms with Crippen LogP contribution >= 0.6 is 11.3 Å². The van der Waals surface area contributed by atoms with Crippen LogP contribution in [0.1, 0.15) is 31.6 Å². The lowest BCUT2D eigenvalue weighted by atomic mass is 10.1. The average Bonchev–Trinajstić information content (AvgIpc) is 3.45. The minimum atomic E-state index is 0.112. The predicted octanol–water partition coefficient (Wildman–Crippen LogP) is 2.94. The third-order valence-electron chi connectivity index (χ3n) is 6.03. The van der Waals surface area contributed by atoms with Gasteiger partial charge in [-0.25, -0.2) is 9.97 Å². The third kappa shape index (κ3) is 4.35. The van der Waals surface area contributed by atoms with Crippen LogP contribution in [-0.4, -0.2) is 68.2 Å². The summed E-state index contributed by atoms with van der Waals surface area (Å²) < 4.78 is 0. The van der Waals surface area contributed by atoms with Crippen molar-refractivity contribution in [3.8, 4) is 0 Å². The van der Waals surface area contributed by atoms with Gasteiger partial charge >= 0.3 is 0 Å². The van der Waals surface area contributed by atoms with Gasteiger partial charge in [0.25, 0.3) is 0 Å². The van der Waals surface area contributed by atoms with Crippen molar-refractivity contribution in [1.29, 1.82) is 0 Å². The third-order valence-corrected chi connectivity index (χ3v) is 7.21. The Balaban J connectivity index is 1.15. The van der Waals surface area contributed by atoms with Crippen LogP contribution in [0.5, 0.6) is 0 Å². The predicted molar refractivity (Wildman–Crippen MR) is 128 cm³/mol. The molecule has 1 unspecified atom stereocenters. The van der Waals surface area contributed by atoms with Gasteiger partial charge < -0.3 is 14.6 Å². The molecule has 0 N–H and O–H groups in total. The second kappa shape index (κ2) is 9.30. The Bertz CT molecular complexity index is 1270. The van der Waals surface area contributed by atoms with Crippen LogP contribution < -0.4 is 9.74 Å². The van der Waals surface area contributed by atoms with Crippen molar-refractivity contribution in [1.82, 2.24) is 30.0 Å². The molecule has 33 heavy (non-hydrogen) atoms. The van der Waals surface area contributed by atoms with Gasteiger partial charge in [0.1, 0.15) is 34.6 Å². The summed E-state index contributed by atoms with van der Waals surface area (Å²) in [6.45, 7) is 6.88. The number of aromatic nitrogens is 5. The van der Waals surface area contributed by atoms with Gasteiger partial charge in [-0.05, 0) is 43.2 Å². The fourth-order valence-corrected chi connectivity index (χ4v) is 5.23. The smallest absolute Gasteiger partial charge is 0.223 e. The minimum Gasteiger partial charge on any atom is -0.395 e. The zero-order valence-electron chi connectivity index (χ0n) is 18.8. The van der Waals surface area contributed by atoms with Crippen LogP contribution in [0, 0.1) is 0 Å². The number of hydrogen-bond acceptors (Lipinski definition) is 8. The molecule has 10 heteroatoms. The molecule has 0 radical (unpaired) electrons. The van der Waals surface area contributed by atoms with Crippen molar-refractivity contribution < 1.29 is 9.63 Å². The van der Waals surface area contributed by atoms with Gasteiger partial charge in [-0.2, -0.15) is 0 Å². The Kier molecular flexibility index (Phi) is 6.08. The first-order valence-electron chi connectivity index (χ1n) is 11.4. The summed E-state index contributed by atoms with van der Waals surface area (Å²) in [6.07, 6.45) is 3.71. The van der Waals surface area contributed by atoms with Gasteiger partial charge in [0, 0.05) is 37.0 Å². The highest BCUT2D eigenvalue weighted by molar-refractivity contribution is 7.18. The van der Waals surface area contributed by atoms with Gasteiger partial charge in [-0.15, -0.1) is 16.4 Å². The number of anilines is 1. The molecule has 4 heterocycles.